The van der Waals surface area contributed by atoms with Crippen LogP contribution in [-0.4, -0.2) is 25.5 Å². The topological polar surface area (TPSA) is 40.0 Å². The Bertz CT molecular complexity index is 940. The van der Waals surface area contributed by atoms with E-state index in [1.807, 2.05) is 18.2 Å². The third kappa shape index (κ3) is 6.80. The van der Waals surface area contributed by atoms with E-state index < -0.39 is 11.7 Å². The second-order valence-corrected chi connectivity index (χ2v) is 7.69. The van der Waals surface area contributed by atoms with Gasteiger partial charge in [0.2, 0.25) is 0 Å². The molecule has 0 saturated heterocycles. The van der Waals surface area contributed by atoms with Gasteiger partial charge < -0.3 is 14.3 Å². The molecule has 0 atom stereocenters. The number of hydrogen-bond acceptors (Lipinski definition) is 4. The van der Waals surface area contributed by atoms with Crippen LogP contribution in [0.3, 0.4) is 0 Å². The third-order valence-corrected chi connectivity index (χ3v) is 4.87. The van der Waals surface area contributed by atoms with Gasteiger partial charge in [-0.3, -0.25) is 0 Å². The number of alkyl halides is 3. The van der Waals surface area contributed by atoms with Crippen LogP contribution in [0.15, 0.2) is 58.2 Å². The average Bonchev–Trinajstić information content (AvgIpc) is 2.73. The molecule has 0 unspecified atom stereocenters. The van der Waals surface area contributed by atoms with Gasteiger partial charge in [0.25, 0.3) is 0 Å². The molecule has 0 radical (unpaired) electrons. The standard InChI is InChI=1S/C22H20Cl2F3NO3/c23-21(24)11-12-30-20-6-2-3-17-18(20)4-1-5-19(17)28-31-14-13-29-16-9-7-15(8-10-16)22(25,26)27/h2-3,6-11H,1,4-5,12-14H2. The van der Waals surface area contributed by atoms with E-state index in [9.17, 15) is 13.2 Å². The molecule has 0 N–H and O–H groups in total. The monoisotopic (exact) mass is 473 g/mol. The summed E-state index contributed by atoms with van der Waals surface area (Å²) in [6.45, 7) is 0.585. The lowest BCUT2D eigenvalue weighted by atomic mass is 9.89. The number of benzene rings is 2. The van der Waals surface area contributed by atoms with Crippen molar-refractivity contribution < 1.29 is 27.5 Å². The normalized spacial score (nSPS) is 14.7. The molecule has 2 aromatic rings. The molecule has 9 heteroatoms. The second kappa shape index (κ2) is 10.8. The zero-order chi connectivity index (χ0) is 22.3. The highest BCUT2D eigenvalue weighted by Crippen LogP contribution is 2.31. The van der Waals surface area contributed by atoms with Gasteiger partial charge in [-0.05, 0) is 55.7 Å². The number of ether oxygens (including phenoxy) is 2. The fourth-order valence-corrected chi connectivity index (χ4v) is 3.27. The number of halogens is 5. The Morgan fingerprint density at radius 2 is 1.77 bits per heavy atom. The van der Waals surface area contributed by atoms with E-state index in [1.54, 1.807) is 6.08 Å². The van der Waals surface area contributed by atoms with Gasteiger partial charge >= 0.3 is 6.18 Å². The Kier molecular flexibility index (Phi) is 8.09. The summed E-state index contributed by atoms with van der Waals surface area (Å²) in [7, 11) is 0. The summed E-state index contributed by atoms with van der Waals surface area (Å²) < 4.78 is 49.0. The highest BCUT2D eigenvalue weighted by molar-refractivity contribution is 6.55. The summed E-state index contributed by atoms with van der Waals surface area (Å²) in [4.78, 5) is 5.38. The van der Waals surface area contributed by atoms with Crippen molar-refractivity contribution in [2.45, 2.75) is 25.4 Å². The summed E-state index contributed by atoms with van der Waals surface area (Å²) >= 11 is 11.2. The van der Waals surface area contributed by atoms with E-state index in [2.05, 4.69) is 5.16 Å². The van der Waals surface area contributed by atoms with E-state index in [0.717, 1.165) is 54.0 Å². The van der Waals surface area contributed by atoms with Crippen LogP contribution >= 0.6 is 23.2 Å². The van der Waals surface area contributed by atoms with E-state index >= 15 is 0 Å². The van der Waals surface area contributed by atoms with Gasteiger partial charge in [-0.1, -0.05) is 40.5 Å². The number of hydrogen-bond donors (Lipinski definition) is 0. The maximum Gasteiger partial charge on any atom is 0.416 e. The maximum atomic E-state index is 12.6. The minimum atomic E-state index is -4.37. The van der Waals surface area contributed by atoms with Gasteiger partial charge in [0, 0.05) is 11.1 Å². The van der Waals surface area contributed by atoms with Crippen LogP contribution in [0.1, 0.15) is 29.5 Å². The first-order valence-electron chi connectivity index (χ1n) is 9.59. The first kappa shape index (κ1) is 23.3. The molecule has 1 aliphatic rings. The van der Waals surface area contributed by atoms with Crippen LogP contribution < -0.4 is 9.47 Å². The number of nitrogens with zero attached hydrogens (tertiary/aromatic N) is 1. The van der Waals surface area contributed by atoms with Gasteiger partial charge in [-0.25, -0.2) is 0 Å². The van der Waals surface area contributed by atoms with Crippen LogP contribution in [0, 0.1) is 0 Å². The van der Waals surface area contributed by atoms with Crippen LogP contribution in [-0.2, 0) is 17.4 Å². The molecule has 31 heavy (non-hydrogen) atoms. The summed E-state index contributed by atoms with van der Waals surface area (Å²) in [5.74, 6) is 1.08. The fraction of sp³-hybridized carbons (Fsp3) is 0.318. The highest BCUT2D eigenvalue weighted by atomic mass is 35.5. The molecule has 2 aromatic carbocycles. The maximum absolute atomic E-state index is 12.6. The molecular weight excluding hydrogens is 454 g/mol. The van der Waals surface area contributed by atoms with Crippen molar-refractivity contribution in [3.05, 3.63) is 69.7 Å². The molecule has 0 aromatic heterocycles. The van der Waals surface area contributed by atoms with Gasteiger partial charge in [-0.15, -0.1) is 0 Å². The van der Waals surface area contributed by atoms with E-state index in [1.165, 1.54) is 12.1 Å². The van der Waals surface area contributed by atoms with Crippen molar-refractivity contribution in [2.24, 2.45) is 5.16 Å². The Hall–Kier alpha value is -2.38. The molecule has 4 nitrogen and oxygen atoms in total. The first-order valence-corrected chi connectivity index (χ1v) is 10.4. The zero-order valence-electron chi connectivity index (χ0n) is 16.4. The fourth-order valence-electron chi connectivity index (χ4n) is 3.15. The number of fused-ring (bicyclic) bond motifs is 1. The van der Waals surface area contributed by atoms with Gasteiger partial charge in [0.05, 0.1) is 11.3 Å². The van der Waals surface area contributed by atoms with Crippen molar-refractivity contribution >= 4 is 28.9 Å². The first-order chi connectivity index (χ1) is 14.8. The molecule has 0 aliphatic heterocycles. The number of rotatable bonds is 8. The lowest BCUT2D eigenvalue weighted by Gasteiger charge is -2.20. The minimum absolute atomic E-state index is 0.152. The molecular formula is C22H20Cl2F3NO3. The predicted octanol–water partition coefficient (Wildman–Crippen LogP) is 6.54. The lowest BCUT2D eigenvalue weighted by molar-refractivity contribution is -0.137. The largest absolute Gasteiger partial charge is 0.490 e. The molecule has 0 spiro atoms. The summed E-state index contributed by atoms with van der Waals surface area (Å²) in [6.07, 6.45) is -0.264. The molecule has 166 valence electrons. The van der Waals surface area contributed by atoms with E-state index in [0.29, 0.717) is 5.75 Å². The second-order valence-electron chi connectivity index (χ2n) is 6.68. The van der Waals surface area contributed by atoms with Crippen LogP contribution in [0.25, 0.3) is 0 Å². The van der Waals surface area contributed by atoms with Gasteiger partial charge in [0.15, 0.2) is 6.61 Å². The molecule has 3 rings (SSSR count). The van der Waals surface area contributed by atoms with Gasteiger partial charge in [0.1, 0.15) is 29.2 Å². The Balaban J connectivity index is 1.54. The van der Waals surface area contributed by atoms with Crippen molar-refractivity contribution in [3.8, 4) is 11.5 Å². The number of oxime groups is 1. The quantitative estimate of drug-likeness (QED) is 0.322. The summed E-state index contributed by atoms with van der Waals surface area (Å²) in [5, 5.41) is 4.23. The Labute approximate surface area is 188 Å². The molecule has 1 aliphatic carbocycles. The van der Waals surface area contributed by atoms with Crippen molar-refractivity contribution in [1.29, 1.82) is 0 Å². The zero-order valence-corrected chi connectivity index (χ0v) is 17.9. The van der Waals surface area contributed by atoms with Crippen molar-refractivity contribution in [2.75, 3.05) is 19.8 Å². The summed E-state index contributed by atoms with van der Waals surface area (Å²) in [5.41, 5.74) is 2.11. The molecule has 0 bridgehead atoms. The smallest absolute Gasteiger partial charge is 0.416 e. The lowest BCUT2D eigenvalue weighted by Crippen LogP contribution is -2.15. The van der Waals surface area contributed by atoms with Crippen LogP contribution in [0.5, 0.6) is 11.5 Å². The van der Waals surface area contributed by atoms with Crippen LogP contribution in [0.2, 0.25) is 0 Å². The molecule has 0 saturated carbocycles. The average molecular weight is 474 g/mol. The van der Waals surface area contributed by atoms with Crippen LogP contribution in [0.4, 0.5) is 13.2 Å². The Morgan fingerprint density at radius 1 is 1.00 bits per heavy atom. The SMILES string of the molecule is FC(F)(F)c1ccc(OCCON=C2CCCc3c(OCC=C(Cl)Cl)cccc32)cc1. The molecule has 0 fully saturated rings. The molecule has 0 amide bonds. The predicted molar refractivity (Wildman–Crippen MR) is 114 cm³/mol. The van der Waals surface area contributed by atoms with Gasteiger partial charge in [-0.2, -0.15) is 13.2 Å². The molecule has 0 heterocycles. The van der Waals surface area contributed by atoms with E-state index in [4.69, 9.17) is 37.5 Å². The summed E-state index contributed by atoms with van der Waals surface area (Å²) in [6, 6.07) is 10.2. The van der Waals surface area contributed by atoms with Crippen molar-refractivity contribution in [1.82, 2.24) is 0 Å². The highest BCUT2D eigenvalue weighted by Gasteiger charge is 2.30. The van der Waals surface area contributed by atoms with E-state index in [-0.39, 0.29) is 24.3 Å². The van der Waals surface area contributed by atoms with Crippen molar-refractivity contribution in [3.63, 3.8) is 0 Å². The third-order valence-electron chi connectivity index (χ3n) is 4.56. The minimum Gasteiger partial charge on any atom is -0.490 e. The Morgan fingerprint density at radius 3 is 2.48 bits per heavy atom.